The first-order valence-corrected chi connectivity index (χ1v) is 14.3. The van der Waals surface area contributed by atoms with Crippen LogP contribution in [0, 0.1) is 18.3 Å². The molecule has 5 nitrogen and oxygen atoms in total. The van der Waals surface area contributed by atoms with Gasteiger partial charge in [0.2, 0.25) is 5.91 Å². The van der Waals surface area contributed by atoms with E-state index in [1.807, 2.05) is 55.5 Å². The van der Waals surface area contributed by atoms with Crippen LogP contribution in [-0.4, -0.2) is 17.6 Å². The molecule has 7 heteroatoms. The minimum absolute atomic E-state index is 0.154. The number of hydrogen-bond acceptors (Lipinski definition) is 5. The predicted molar refractivity (Wildman–Crippen MR) is 155 cm³/mol. The van der Waals surface area contributed by atoms with Crippen LogP contribution in [0.4, 0.5) is 10.7 Å². The number of thiophene rings is 1. The van der Waals surface area contributed by atoms with Crippen molar-refractivity contribution in [1.29, 1.82) is 5.26 Å². The number of nitriles is 1. The number of aryl methyl sites for hydroxylation is 1. The Bertz CT molecular complexity index is 1520. The van der Waals surface area contributed by atoms with Crippen molar-refractivity contribution < 1.29 is 9.59 Å². The van der Waals surface area contributed by atoms with E-state index in [1.54, 1.807) is 6.07 Å². The largest absolute Gasteiger partial charge is 0.322 e. The van der Waals surface area contributed by atoms with Crippen LogP contribution in [-0.2, 0) is 17.6 Å². The summed E-state index contributed by atoms with van der Waals surface area (Å²) in [4.78, 5) is 27.5. The van der Waals surface area contributed by atoms with Crippen LogP contribution in [0.25, 0.3) is 0 Å². The lowest BCUT2D eigenvalue weighted by atomic mass is 9.83. The van der Waals surface area contributed by atoms with E-state index in [1.165, 1.54) is 33.5 Å². The zero-order chi connectivity index (χ0) is 26.5. The lowest BCUT2D eigenvalue weighted by Gasteiger charge is -2.22. The maximum atomic E-state index is 12.8. The summed E-state index contributed by atoms with van der Waals surface area (Å²) in [6, 6.07) is 27.7. The number of benzene rings is 3. The molecule has 2 N–H and O–H groups in total. The Hall–Kier alpha value is -3.86. The van der Waals surface area contributed by atoms with E-state index in [0.717, 1.165) is 35.3 Å². The van der Waals surface area contributed by atoms with Crippen molar-refractivity contribution in [2.24, 2.45) is 0 Å². The number of carbonyl (C=O) groups is 2. The predicted octanol–water partition coefficient (Wildman–Crippen LogP) is 7.18. The Labute approximate surface area is 230 Å². The SMILES string of the molecule is Cc1cccc(C(=O)Nc2cccc(SCC(=O)Nc3sc4c(c3C#N)CCC(c3ccccc3)C4)c2)c1. The molecule has 0 fully saturated rings. The van der Waals surface area contributed by atoms with Gasteiger partial charge in [-0.3, -0.25) is 9.59 Å². The summed E-state index contributed by atoms with van der Waals surface area (Å²) in [5.74, 6) is 0.314. The van der Waals surface area contributed by atoms with Crippen molar-refractivity contribution in [3.05, 3.63) is 112 Å². The molecular weight excluding hydrogens is 510 g/mol. The Balaban J connectivity index is 1.20. The van der Waals surface area contributed by atoms with E-state index in [-0.39, 0.29) is 17.6 Å². The van der Waals surface area contributed by atoms with Crippen LogP contribution in [0.1, 0.15) is 49.8 Å². The van der Waals surface area contributed by atoms with Crippen molar-refractivity contribution in [1.82, 2.24) is 0 Å². The quantitative estimate of drug-likeness (QED) is 0.245. The highest BCUT2D eigenvalue weighted by molar-refractivity contribution is 8.00. The molecule has 1 unspecified atom stereocenters. The van der Waals surface area contributed by atoms with Crippen LogP contribution in [0.5, 0.6) is 0 Å². The lowest BCUT2D eigenvalue weighted by molar-refractivity contribution is -0.113. The van der Waals surface area contributed by atoms with Crippen molar-refractivity contribution in [3.8, 4) is 6.07 Å². The fourth-order valence-corrected chi connectivity index (χ4v) is 6.82. The molecule has 0 saturated heterocycles. The number of nitrogens with one attached hydrogen (secondary N) is 2. The summed E-state index contributed by atoms with van der Waals surface area (Å²) in [6.45, 7) is 1.95. The Morgan fingerprint density at radius 3 is 2.63 bits per heavy atom. The third kappa shape index (κ3) is 5.99. The van der Waals surface area contributed by atoms with Gasteiger partial charge in [0, 0.05) is 21.0 Å². The number of carbonyl (C=O) groups excluding carboxylic acids is 2. The molecule has 1 aliphatic carbocycles. The van der Waals surface area contributed by atoms with E-state index >= 15 is 0 Å². The first-order valence-electron chi connectivity index (χ1n) is 12.5. The molecule has 1 heterocycles. The molecule has 3 aromatic carbocycles. The number of hydrogen-bond donors (Lipinski definition) is 2. The number of fused-ring (bicyclic) bond motifs is 1. The number of amides is 2. The molecule has 0 aliphatic heterocycles. The summed E-state index contributed by atoms with van der Waals surface area (Å²) in [5.41, 5.74) is 5.32. The van der Waals surface area contributed by atoms with Gasteiger partial charge < -0.3 is 10.6 Å². The molecule has 2 amide bonds. The monoisotopic (exact) mass is 537 g/mol. The van der Waals surface area contributed by atoms with Crippen LogP contribution >= 0.6 is 23.1 Å². The van der Waals surface area contributed by atoms with Gasteiger partial charge in [-0.15, -0.1) is 23.1 Å². The van der Waals surface area contributed by atoms with E-state index in [2.05, 4.69) is 41.0 Å². The summed E-state index contributed by atoms with van der Waals surface area (Å²) in [5, 5.41) is 16.4. The van der Waals surface area contributed by atoms with Crippen LogP contribution in [0.2, 0.25) is 0 Å². The third-order valence-electron chi connectivity index (χ3n) is 6.64. The topological polar surface area (TPSA) is 82.0 Å². The van der Waals surface area contributed by atoms with Gasteiger partial charge in [0.15, 0.2) is 0 Å². The third-order valence-corrected chi connectivity index (χ3v) is 8.81. The van der Waals surface area contributed by atoms with E-state index in [0.29, 0.717) is 27.7 Å². The number of rotatable bonds is 7. The van der Waals surface area contributed by atoms with Gasteiger partial charge in [-0.1, -0.05) is 54.1 Å². The maximum Gasteiger partial charge on any atom is 0.255 e. The molecule has 1 aromatic heterocycles. The molecular formula is C31H27N3O2S2. The average molecular weight is 538 g/mol. The molecule has 190 valence electrons. The summed E-state index contributed by atoms with van der Waals surface area (Å²) in [6.07, 6.45) is 2.74. The summed E-state index contributed by atoms with van der Waals surface area (Å²) in [7, 11) is 0. The van der Waals surface area contributed by atoms with Crippen molar-refractivity contribution >= 4 is 45.6 Å². The fourth-order valence-electron chi connectivity index (χ4n) is 4.77. The molecule has 0 spiro atoms. The van der Waals surface area contributed by atoms with Crippen LogP contribution in [0.15, 0.2) is 83.8 Å². The van der Waals surface area contributed by atoms with Gasteiger partial charge in [0.25, 0.3) is 5.91 Å². The summed E-state index contributed by atoms with van der Waals surface area (Å²) < 4.78 is 0. The van der Waals surface area contributed by atoms with Crippen molar-refractivity contribution in [3.63, 3.8) is 0 Å². The molecule has 0 bridgehead atoms. The molecule has 5 rings (SSSR count). The zero-order valence-electron chi connectivity index (χ0n) is 21.0. The minimum Gasteiger partial charge on any atom is -0.322 e. The van der Waals surface area contributed by atoms with E-state index in [9.17, 15) is 14.9 Å². The second-order valence-electron chi connectivity index (χ2n) is 9.36. The minimum atomic E-state index is -0.172. The maximum absolute atomic E-state index is 12.8. The number of thioether (sulfide) groups is 1. The first kappa shape index (κ1) is 25.8. The average Bonchev–Trinajstić information content (AvgIpc) is 3.28. The first-order chi connectivity index (χ1) is 18.5. The standard InChI is InChI=1S/C31H27N3O2S2/c1-20-7-5-10-23(15-20)30(36)33-24-11-6-12-25(17-24)37-19-29(35)34-31-27(18-32)26-14-13-22(16-28(26)38-31)21-8-3-2-4-9-21/h2-12,15,17,22H,13-14,16,19H2,1H3,(H,33,36)(H,34,35). The molecule has 0 radical (unpaired) electrons. The lowest BCUT2D eigenvalue weighted by Crippen LogP contribution is -2.14. The van der Waals surface area contributed by atoms with Gasteiger partial charge in [-0.05, 0) is 73.6 Å². The molecule has 38 heavy (non-hydrogen) atoms. The van der Waals surface area contributed by atoms with Crippen LogP contribution in [0.3, 0.4) is 0 Å². The van der Waals surface area contributed by atoms with E-state index < -0.39 is 0 Å². The Kier molecular flexibility index (Phi) is 7.92. The van der Waals surface area contributed by atoms with Gasteiger partial charge in [-0.25, -0.2) is 0 Å². The fraction of sp³-hybridized carbons (Fsp3) is 0.194. The van der Waals surface area contributed by atoms with Gasteiger partial charge in [0.05, 0.1) is 11.3 Å². The summed E-state index contributed by atoms with van der Waals surface area (Å²) >= 11 is 2.92. The molecule has 1 aliphatic rings. The second kappa shape index (κ2) is 11.7. The Morgan fingerprint density at radius 1 is 1.03 bits per heavy atom. The van der Waals surface area contributed by atoms with Gasteiger partial charge >= 0.3 is 0 Å². The van der Waals surface area contributed by atoms with Crippen molar-refractivity contribution in [2.45, 2.75) is 37.0 Å². The van der Waals surface area contributed by atoms with Crippen LogP contribution < -0.4 is 10.6 Å². The van der Waals surface area contributed by atoms with Gasteiger partial charge in [0.1, 0.15) is 11.1 Å². The second-order valence-corrected chi connectivity index (χ2v) is 11.5. The highest BCUT2D eigenvalue weighted by atomic mass is 32.2. The molecule has 1 atom stereocenters. The van der Waals surface area contributed by atoms with E-state index in [4.69, 9.17) is 0 Å². The normalized spacial score (nSPS) is 14.3. The zero-order valence-corrected chi connectivity index (χ0v) is 22.6. The highest BCUT2D eigenvalue weighted by Gasteiger charge is 2.27. The molecule has 0 saturated carbocycles. The number of anilines is 2. The highest BCUT2D eigenvalue weighted by Crippen LogP contribution is 2.42. The smallest absolute Gasteiger partial charge is 0.255 e. The van der Waals surface area contributed by atoms with Crippen molar-refractivity contribution in [2.75, 3.05) is 16.4 Å². The number of nitrogens with zero attached hydrogens (tertiary/aromatic N) is 1. The van der Waals surface area contributed by atoms with Gasteiger partial charge in [-0.2, -0.15) is 5.26 Å². The molecule has 4 aromatic rings. The Morgan fingerprint density at radius 2 is 1.84 bits per heavy atom.